The number of carbonyl (C=O) groups is 2. The summed E-state index contributed by atoms with van der Waals surface area (Å²) in [6, 6.07) is 0.556. The molecule has 20 heavy (non-hydrogen) atoms. The second-order valence-electron chi connectivity index (χ2n) is 4.37. The molecule has 0 aliphatic carbocycles. The molecule has 1 atom stereocenters. The van der Waals surface area contributed by atoms with Crippen molar-refractivity contribution in [2.75, 3.05) is 19.6 Å². The van der Waals surface area contributed by atoms with Crippen LogP contribution in [0.25, 0.3) is 0 Å². The quantitative estimate of drug-likeness (QED) is 0.782. The minimum atomic E-state index is -0.942. The van der Waals surface area contributed by atoms with Crippen LogP contribution in [0.1, 0.15) is 10.4 Å². The lowest BCUT2D eigenvalue weighted by molar-refractivity contribution is -0.122. The zero-order chi connectivity index (χ0) is 14.9. The first kappa shape index (κ1) is 14.7. The Balaban J connectivity index is 2.34. The van der Waals surface area contributed by atoms with E-state index >= 15 is 0 Å². The highest BCUT2D eigenvalue weighted by Gasteiger charge is 2.32. The molecule has 1 fully saturated rings. The number of nitrogens with one attached hydrogen (secondary N) is 1. The highest BCUT2D eigenvalue weighted by molar-refractivity contribution is 6.30. The average molecular weight is 304 g/mol. The van der Waals surface area contributed by atoms with Gasteiger partial charge >= 0.3 is 0 Å². The van der Waals surface area contributed by atoms with Gasteiger partial charge in [0.2, 0.25) is 5.91 Å². The van der Waals surface area contributed by atoms with Crippen LogP contribution in [-0.4, -0.2) is 42.4 Å². The van der Waals surface area contributed by atoms with E-state index in [9.17, 15) is 18.4 Å². The second-order valence-corrected chi connectivity index (χ2v) is 4.77. The second kappa shape index (κ2) is 5.72. The number of rotatable bonds is 2. The van der Waals surface area contributed by atoms with E-state index in [1.807, 2.05) is 0 Å². The molecule has 0 bridgehead atoms. The van der Waals surface area contributed by atoms with Crippen LogP contribution < -0.4 is 11.1 Å². The van der Waals surface area contributed by atoms with Gasteiger partial charge in [0.05, 0.1) is 10.6 Å². The van der Waals surface area contributed by atoms with Crippen molar-refractivity contribution in [2.24, 2.45) is 5.73 Å². The van der Waals surface area contributed by atoms with E-state index in [2.05, 4.69) is 5.32 Å². The van der Waals surface area contributed by atoms with Gasteiger partial charge in [-0.1, -0.05) is 11.6 Å². The molecule has 1 aromatic carbocycles. The number of primary amides is 1. The summed E-state index contributed by atoms with van der Waals surface area (Å²) in [5, 5.41) is 2.49. The van der Waals surface area contributed by atoms with Crippen molar-refractivity contribution in [3.05, 3.63) is 34.4 Å². The highest BCUT2D eigenvalue weighted by atomic mass is 35.5. The summed E-state index contributed by atoms with van der Waals surface area (Å²) < 4.78 is 27.1. The minimum Gasteiger partial charge on any atom is -0.368 e. The topological polar surface area (TPSA) is 75.4 Å². The first-order chi connectivity index (χ1) is 9.41. The molecule has 1 unspecified atom stereocenters. The fourth-order valence-corrected chi connectivity index (χ4v) is 2.19. The van der Waals surface area contributed by atoms with E-state index in [0.29, 0.717) is 6.54 Å². The number of carbonyl (C=O) groups excluding carboxylic acids is 2. The lowest BCUT2D eigenvalue weighted by Gasteiger charge is -2.34. The first-order valence-corrected chi connectivity index (χ1v) is 6.25. The molecule has 2 amide bonds. The molecule has 1 aliphatic rings. The Kier molecular flexibility index (Phi) is 4.20. The molecule has 0 aromatic heterocycles. The van der Waals surface area contributed by atoms with Gasteiger partial charge in [-0.2, -0.15) is 0 Å². The highest BCUT2D eigenvalue weighted by Crippen LogP contribution is 2.21. The van der Waals surface area contributed by atoms with Gasteiger partial charge < -0.3 is 16.0 Å². The molecule has 0 saturated carbocycles. The van der Waals surface area contributed by atoms with Crippen molar-refractivity contribution in [1.29, 1.82) is 0 Å². The van der Waals surface area contributed by atoms with E-state index in [-0.39, 0.29) is 13.1 Å². The molecule has 3 N–H and O–H groups in total. The first-order valence-electron chi connectivity index (χ1n) is 5.87. The Bertz CT molecular complexity index is 568. The van der Waals surface area contributed by atoms with Crippen LogP contribution in [-0.2, 0) is 4.79 Å². The number of amides is 2. The van der Waals surface area contributed by atoms with Crippen molar-refractivity contribution < 1.29 is 18.4 Å². The Morgan fingerprint density at radius 3 is 2.70 bits per heavy atom. The van der Waals surface area contributed by atoms with Gasteiger partial charge in [0.15, 0.2) is 0 Å². The van der Waals surface area contributed by atoms with Gasteiger partial charge in [0, 0.05) is 19.6 Å². The summed E-state index contributed by atoms with van der Waals surface area (Å²) in [5.74, 6) is -3.34. The van der Waals surface area contributed by atoms with E-state index in [1.165, 1.54) is 0 Å². The predicted octanol–water partition coefficient (Wildman–Crippen LogP) is 0.517. The van der Waals surface area contributed by atoms with Crippen LogP contribution >= 0.6 is 11.6 Å². The molecule has 108 valence electrons. The van der Waals surface area contributed by atoms with Crippen molar-refractivity contribution in [2.45, 2.75) is 6.04 Å². The molecule has 1 aromatic rings. The van der Waals surface area contributed by atoms with Gasteiger partial charge in [-0.05, 0) is 12.1 Å². The van der Waals surface area contributed by atoms with Crippen molar-refractivity contribution in [1.82, 2.24) is 10.2 Å². The van der Waals surface area contributed by atoms with E-state index < -0.39 is 40.1 Å². The van der Waals surface area contributed by atoms with E-state index in [1.54, 1.807) is 0 Å². The molecule has 8 heteroatoms. The largest absolute Gasteiger partial charge is 0.368 e. The minimum absolute atomic E-state index is 0.177. The third-order valence-corrected chi connectivity index (χ3v) is 3.36. The fourth-order valence-electron chi connectivity index (χ4n) is 2.04. The Morgan fingerprint density at radius 2 is 2.05 bits per heavy atom. The summed E-state index contributed by atoms with van der Waals surface area (Å²) in [7, 11) is 0. The lowest BCUT2D eigenvalue weighted by atomic mass is 10.1. The summed E-state index contributed by atoms with van der Waals surface area (Å²) in [4.78, 5) is 24.7. The van der Waals surface area contributed by atoms with Crippen LogP contribution in [0.2, 0.25) is 5.02 Å². The molecule has 2 rings (SSSR count). The zero-order valence-corrected chi connectivity index (χ0v) is 11.1. The summed E-state index contributed by atoms with van der Waals surface area (Å²) in [6.45, 7) is 0.794. The molecule has 0 radical (unpaired) electrons. The van der Waals surface area contributed by atoms with Crippen LogP contribution in [0.4, 0.5) is 8.78 Å². The van der Waals surface area contributed by atoms with Crippen LogP contribution in [0.3, 0.4) is 0 Å². The molecule has 0 spiro atoms. The van der Waals surface area contributed by atoms with Crippen molar-refractivity contribution in [3.8, 4) is 0 Å². The normalized spacial score (nSPS) is 18.9. The number of benzene rings is 1. The fraction of sp³-hybridized carbons (Fsp3) is 0.333. The number of hydrogen-bond acceptors (Lipinski definition) is 3. The smallest absolute Gasteiger partial charge is 0.257 e. The van der Waals surface area contributed by atoms with Gasteiger partial charge in [-0.15, -0.1) is 0 Å². The van der Waals surface area contributed by atoms with Gasteiger partial charge in [0.1, 0.15) is 17.7 Å². The molecular weight excluding hydrogens is 292 g/mol. The summed E-state index contributed by atoms with van der Waals surface area (Å²) in [6.07, 6.45) is 0. The van der Waals surface area contributed by atoms with Crippen molar-refractivity contribution in [3.63, 3.8) is 0 Å². The average Bonchev–Trinajstić information content (AvgIpc) is 2.42. The molecule has 1 heterocycles. The SMILES string of the molecule is NC(=O)C1CNCCN1C(=O)c1cc(F)c(Cl)cc1F. The van der Waals surface area contributed by atoms with Gasteiger partial charge in [-0.25, -0.2) is 8.78 Å². The zero-order valence-electron chi connectivity index (χ0n) is 10.3. The maximum absolute atomic E-state index is 13.7. The lowest BCUT2D eigenvalue weighted by Crippen LogP contribution is -2.58. The van der Waals surface area contributed by atoms with E-state index in [4.69, 9.17) is 17.3 Å². The third kappa shape index (κ3) is 2.73. The number of nitrogens with zero attached hydrogens (tertiary/aromatic N) is 1. The molecule has 1 saturated heterocycles. The number of hydrogen-bond donors (Lipinski definition) is 2. The Labute approximate surface area is 118 Å². The maximum Gasteiger partial charge on any atom is 0.257 e. The summed E-state index contributed by atoms with van der Waals surface area (Å²) >= 11 is 5.43. The number of nitrogens with two attached hydrogens (primary N) is 1. The Morgan fingerprint density at radius 1 is 1.35 bits per heavy atom. The van der Waals surface area contributed by atoms with Crippen molar-refractivity contribution >= 4 is 23.4 Å². The number of piperazine rings is 1. The van der Waals surface area contributed by atoms with Gasteiger partial charge in [-0.3, -0.25) is 9.59 Å². The molecular formula is C12H12ClF2N3O2. The Hall–Kier alpha value is -1.73. The van der Waals surface area contributed by atoms with E-state index in [0.717, 1.165) is 17.0 Å². The van der Waals surface area contributed by atoms with Crippen LogP contribution in [0.15, 0.2) is 12.1 Å². The van der Waals surface area contributed by atoms with Crippen LogP contribution in [0, 0.1) is 11.6 Å². The standard InChI is InChI=1S/C12H12ClF2N3O2/c13-7-4-8(14)6(3-9(7)15)12(20)18-2-1-17-5-10(18)11(16)19/h3-4,10,17H,1-2,5H2,(H2,16,19). The van der Waals surface area contributed by atoms with Crippen LogP contribution in [0.5, 0.6) is 0 Å². The summed E-state index contributed by atoms with van der Waals surface area (Å²) in [5.41, 5.74) is 4.73. The number of halogens is 3. The third-order valence-electron chi connectivity index (χ3n) is 3.07. The predicted molar refractivity (Wildman–Crippen MR) is 68.3 cm³/mol. The molecule has 5 nitrogen and oxygen atoms in total. The molecule has 1 aliphatic heterocycles. The maximum atomic E-state index is 13.7. The monoisotopic (exact) mass is 303 g/mol. The van der Waals surface area contributed by atoms with Gasteiger partial charge in [0.25, 0.3) is 5.91 Å².